The first-order valence-corrected chi connectivity index (χ1v) is 6.05. The van der Waals surface area contributed by atoms with E-state index in [1.54, 1.807) is 6.20 Å². The molecule has 0 saturated carbocycles. The molecule has 90 valence electrons. The quantitative estimate of drug-likeness (QED) is 0.944. The summed E-state index contributed by atoms with van der Waals surface area (Å²) in [7, 11) is 0. The van der Waals surface area contributed by atoms with Crippen LogP contribution in [0.25, 0.3) is 5.69 Å². The summed E-state index contributed by atoms with van der Waals surface area (Å²) in [5.41, 5.74) is 6.75. The average Bonchev–Trinajstić information content (AvgIpc) is 2.65. The van der Waals surface area contributed by atoms with Gasteiger partial charge in [0, 0.05) is 10.9 Å². The zero-order chi connectivity index (χ0) is 12.4. The Morgan fingerprint density at radius 3 is 2.88 bits per heavy atom. The maximum atomic E-state index is 13.1. The first-order valence-electron chi connectivity index (χ1n) is 4.88. The zero-order valence-electron chi connectivity index (χ0n) is 8.70. The third-order valence-corrected chi connectivity index (χ3v) is 3.04. The Labute approximate surface area is 111 Å². The van der Waals surface area contributed by atoms with Gasteiger partial charge in [-0.15, -0.1) is 5.10 Å². The summed E-state index contributed by atoms with van der Waals surface area (Å²) in [6.45, 7) is 0.497. The van der Waals surface area contributed by atoms with Crippen molar-refractivity contribution < 1.29 is 4.39 Å². The molecule has 0 saturated heterocycles. The molecule has 1 aromatic heterocycles. The van der Waals surface area contributed by atoms with E-state index in [0.29, 0.717) is 23.1 Å². The average molecular weight is 320 g/mol. The Kier molecular flexibility index (Phi) is 3.76. The van der Waals surface area contributed by atoms with Crippen LogP contribution in [0, 0.1) is 5.82 Å². The molecule has 7 heteroatoms. The Morgan fingerprint density at radius 2 is 2.24 bits per heavy atom. The van der Waals surface area contributed by atoms with Gasteiger partial charge in [-0.05, 0) is 34.6 Å². The molecule has 2 aromatic rings. The van der Waals surface area contributed by atoms with E-state index in [0.717, 1.165) is 5.69 Å². The van der Waals surface area contributed by atoms with Gasteiger partial charge in [0.25, 0.3) is 0 Å². The molecule has 0 bridgehead atoms. The maximum absolute atomic E-state index is 13.1. The zero-order valence-corrected chi connectivity index (χ0v) is 11.0. The highest BCUT2D eigenvalue weighted by Crippen LogP contribution is 2.29. The van der Waals surface area contributed by atoms with Crippen molar-refractivity contribution in [3.63, 3.8) is 0 Å². The van der Waals surface area contributed by atoms with Crippen LogP contribution in [0.5, 0.6) is 0 Å². The summed E-state index contributed by atoms with van der Waals surface area (Å²) in [4.78, 5) is 0. The molecular formula is C10H9BrClFN4. The van der Waals surface area contributed by atoms with E-state index in [1.165, 1.54) is 16.8 Å². The monoisotopic (exact) mass is 318 g/mol. The van der Waals surface area contributed by atoms with E-state index in [1.807, 2.05) is 0 Å². The van der Waals surface area contributed by atoms with Crippen LogP contribution in [0.1, 0.15) is 5.69 Å². The van der Waals surface area contributed by atoms with Gasteiger partial charge in [-0.3, -0.25) is 0 Å². The predicted octanol–water partition coefficient (Wildman–Crippen LogP) is 2.32. The molecule has 0 spiro atoms. The van der Waals surface area contributed by atoms with Crippen LogP contribution < -0.4 is 5.73 Å². The molecule has 0 radical (unpaired) electrons. The van der Waals surface area contributed by atoms with Gasteiger partial charge in [0.1, 0.15) is 5.82 Å². The van der Waals surface area contributed by atoms with Gasteiger partial charge in [0.05, 0.1) is 22.6 Å². The summed E-state index contributed by atoms with van der Waals surface area (Å²) in [5, 5.41) is 8.14. The van der Waals surface area contributed by atoms with Crippen molar-refractivity contribution in [1.82, 2.24) is 15.0 Å². The third-order valence-electron chi connectivity index (χ3n) is 2.15. The van der Waals surface area contributed by atoms with Crippen molar-refractivity contribution >= 4 is 27.5 Å². The van der Waals surface area contributed by atoms with E-state index < -0.39 is 5.82 Å². The molecule has 17 heavy (non-hydrogen) atoms. The number of hydrogen-bond acceptors (Lipinski definition) is 3. The molecule has 0 aliphatic heterocycles. The van der Waals surface area contributed by atoms with Gasteiger partial charge < -0.3 is 5.73 Å². The lowest BCUT2D eigenvalue weighted by Gasteiger charge is -2.06. The number of benzene rings is 1. The van der Waals surface area contributed by atoms with Gasteiger partial charge in [0.2, 0.25) is 0 Å². The highest BCUT2D eigenvalue weighted by Gasteiger charge is 2.12. The Morgan fingerprint density at radius 1 is 1.47 bits per heavy atom. The van der Waals surface area contributed by atoms with Gasteiger partial charge in [-0.1, -0.05) is 16.8 Å². The highest BCUT2D eigenvalue weighted by atomic mass is 79.9. The molecule has 0 fully saturated rings. The minimum absolute atomic E-state index is 0.265. The van der Waals surface area contributed by atoms with E-state index in [2.05, 4.69) is 26.2 Å². The molecule has 0 unspecified atom stereocenters. The van der Waals surface area contributed by atoms with E-state index in [4.69, 9.17) is 17.3 Å². The molecule has 0 aliphatic rings. The van der Waals surface area contributed by atoms with Crippen molar-refractivity contribution in [2.45, 2.75) is 6.42 Å². The summed E-state index contributed by atoms with van der Waals surface area (Å²) in [6, 6.07) is 2.55. The first kappa shape index (κ1) is 12.5. The Balaban J connectivity index is 2.45. The SMILES string of the molecule is NCCc1cn(-c2c(Cl)cc(F)cc2Br)nn1. The minimum atomic E-state index is -0.409. The topological polar surface area (TPSA) is 56.7 Å². The van der Waals surface area contributed by atoms with Crippen LogP contribution in [0.2, 0.25) is 5.02 Å². The lowest BCUT2D eigenvalue weighted by atomic mass is 10.3. The number of aromatic nitrogens is 3. The van der Waals surface area contributed by atoms with Crippen molar-refractivity contribution in [2.24, 2.45) is 5.73 Å². The second kappa shape index (κ2) is 5.12. The number of rotatable bonds is 3. The van der Waals surface area contributed by atoms with Crippen LogP contribution in [-0.2, 0) is 6.42 Å². The Bertz CT molecular complexity index is 520. The van der Waals surface area contributed by atoms with Crippen LogP contribution in [0.4, 0.5) is 4.39 Å². The summed E-state index contributed by atoms with van der Waals surface area (Å²) >= 11 is 9.22. The molecule has 0 amide bonds. The van der Waals surface area contributed by atoms with E-state index in [-0.39, 0.29) is 5.02 Å². The van der Waals surface area contributed by atoms with Crippen molar-refractivity contribution in [3.05, 3.63) is 39.3 Å². The Hall–Kier alpha value is -0.980. The molecule has 4 nitrogen and oxygen atoms in total. The highest BCUT2D eigenvalue weighted by molar-refractivity contribution is 9.10. The number of nitrogens with zero attached hydrogens (tertiary/aromatic N) is 3. The lowest BCUT2D eigenvalue weighted by Crippen LogP contribution is -2.02. The lowest BCUT2D eigenvalue weighted by molar-refractivity contribution is 0.625. The summed E-state index contributed by atoms with van der Waals surface area (Å²) < 4.78 is 15.1. The van der Waals surface area contributed by atoms with Gasteiger partial charge in [0.15, 0.2) is 0 Å². The smallest absolute Gasteiger partial charge is 0.125 e. The predicted molar refractivity (Wildman–Crippen MR) is 66.8 cm³/mol. The normalized spacial score (nSPS) is 10.8. The largest absolute Gasteiger partial charge is 0.330 e. The molecule has 1 aromatic carbocycles. The third kappa shape index (κ3) is 2.65. The van der Waals surface area contributed by atoms with Crippen molar-refractivity contribution in [3.8, 4) is 5.69 Å². The molecule has 2 rings (SSSR count). The molecular weight excluding hydrogens is 310 g/mol. The first-order chi connectivity index (χ1) is 8.11. The summed E-state index contributed by atoms with van der Waals surface area (Å²) in [5.74, 6) is -0.409. The van der Waals surface area contributed by atoms with E-state index in [9.17, 15) is 4.39 Å². The van der Waals surface area contributed by atoms with Crippen molar-refractivity contribution in [1.29, 1.82) is 0 Å². The molecule has 0 aliphatic carbocycles. The molecule has 1 heterocycles. The summed E-state index contributed by atoms with van der Waals surface area (Å²) in [6.07, 6.45) is 2.35. The van der Waals surface area contributed by atoms with Crippen LogP contribution >= 0.6 is 27.5 Å². The number of halogens is 3. The fourth-order valence-electron chi connectivity index (χ4n) is 1.42. The second-order valence-electron chi connectivity index (χ2n) is 3.41. The van der Waals surface area contributed by atoms with Crippen LogP contribution in [0.3, 0.4) is 0 Å². The fraction of sp³-hybridized carbons (Fsp3) is 0.200. The number of hydrogen-bond donors (Lipinski definition) is 1. The van der Waals surface area contributed by atoms with E-state index >= 15 is 0 Å². The van der Waals surface area contributed by atoms with Gasteiger partial charge >= 0.3 is 0 Å². The van der Waals surface area contributed by atoms with Crippen LogP contribution in [0.15, 0.2) is 22.8 Å². The standard InChI is InChI=1S/C10H9BrClFN4/c11-8-3-6(13)4-9(12)10(8)17-5-7(1-2-14)15-16-17/h3-5H,1-2,14H2. The maximum Gasteiger partial charge on any atom is 0.125 e. The van der Waals surface area contributed by atoms with Crippen LogP contribution in [-0.4, -0.2) is 21.5 Å². The second-order valence-corrected chi connectivity index (χ2v) is 4.67. The van der Waals surface area contributed by atoms with Gasteiger partial charge in [-0.2, -0.15) is 0 Å². The van der Waals surface area contributed by atoms with Crippen molar-refractivity contribution in [2.75, 3.05) is 6.54 Å². The fourth-order valence-corrected chi connectivity index (χ4v) is 2.44. The van der Waals surface area contributed by atoms with Gasteiger partial charge in [-0.25, -0.2) is 9.07 Å². The number of nitrogens with two attached hydrogens (primary N) is 1. The minimum Gasteiger partial charge on any atom is -0.330 e. The molecule has 0 atom stereocenters. The molecule has 2 N–H and O–H groups in total.